The van der Waals surface area contributed by atoms with Crippen LogP contribution >= 0.6 is 0 Å². The summed E-state index contributed by atoms with van der Waals surface area (Å²) in [4.78, 5) is 0. The van der Waals surface area contributed by atoms with Crippen molar-refractivity contribution in [2.24, 2.45) is 5.10 Å². The summed E-state index contributed by atoms with van der Waals surface area (Å²) in [5, 5.41) is 4.52. The molecule has 2 aromatic rings. The van der Waals surface area contributed by atoms with Gasteiger partial charge in [-0.3, -0.25) is 5.43 Å². The first-order valence-electron chi connectivity index (χ1n) is 8.65. The maximum Gasteiger partial charge on any atom is 0.131 e. The SMILES string of the molecule is COc1ccc(C=NNC2(Cc3ccccc3)C=CC=CC2)c(OC)c1. The van der Waals surface area contributed by atoms with Crippen molar-refractivity contribution < 1.29 is 9.47 Å². The number of hydrogen-bond acceptors (Lipinski definition) is 4. The molecule has 3 rings (SSSR count). The van der Waals surface area contributed by atoms with Gasteiger partial charge in [0.15, 0.2) is 0 Å². The van der Waals surface area contributed by atoms with Crippen LogP contribution in [-0.4, -0.2) is 26.0 Å². The molecular formula is C22H24N2O2. The lowest BCUT2D eigenvalue weighted by molar-refractivity contribution is 0.393. The summed E-state index contributed by atoms with van der Waals surface area (Å²) in [6.45, 7) is 0. The number of benzene rings is 2. The first-order chi connectivity index (χ1) is 12.7. The Morgan fingerprint density at radius 2 is 1.92 bits per heavy atom. The van der Waals surface area contributed by atoms with Gasteiger partial charge in [0.05, 0.1) is 26.0 Å². The lowest BCUT2D eigenvalue weighted by Gasteiger charge is -2.31. The lowest BCUT2D eigenvalue weighted by atomic mass is 9.85. The van der Waals surface area contributed by atoms with E-state index in [-0.39, 0.29) is 5.54 Å². The van der Waals surface area contributed by atoms with Crippen LogP contribution in [0.3, 0.4) is 0 Å². The van der Waals surface area contributed by atoms with E-state index in [0.717, 1.165) is 29.9 Å². The van der Waals surface area contributed by atoms with Crippen molar-refractivity contribution in [1.82, 2.24) is 5.43 Å². The standard InChI is InChI=1S/C22H24N2O2/c1-25-20-12-11-19(21(15-20)26-2)17-23-24-22(13-7-4-8-14-22)16-18-9-5-3-6-10-18/h3-13,15,17,24H,14,16H2,1-2H3. The van der Waals surface area contributed by atoms with E-state index in [1.54, 1.807) is 20.4 Å². The highest BCUT2D eigenvalue weighted by Gasteiger charge is 2.26. The number of methoxy groups -OCH3 is 2. The van der Waals surface area contributed by atoms with Crippen LogP contribution in [0.25, 0.3) is 0 Å². The van der Waals surface area contributed by atoms with Crippen molar-refractivity contribution >= 4 is 6.21 Å². The molecule has 0 spiro atoms. The second-order valence-electron chi connectivity index (χ2n) is 6.29. The topological polar surface area (TPSA) is 42.8 Å². The summed E-state index contributed by atoms with van der Waals surface area (Å²) in [6.07, 6.45) is 12.0. The number of nitrogens with one attached hydrogen (secondary N) is 1. The maximum atomic E-state index is 5.43. The van der Waals surface area contributed by atoms with Gasteiger partial charge in [0.2, 0.25) is 0 Å². The largest absolute Gasteiger partial charge is 0.497 e. The van der Waals surface area contributed by atoms with Crippen LogP contribution in [0.5, 0.6) is 11.5 Å². The lowest BCUT2D eigenvalue weighted by Crippen LogP contribution is -2.43. The Hall–Kier alpha value is -3.01. The van der Waals surface area contributed by atoms with Crippen LogP contribution in [0.15, 0.2) is 77.9 Å². The normalized spacial score (nSPS) is 18.8. The molecule has 1 N–H and O–H groups in total. The predicted molar refractivity (Wildman–Crippen MR) is 106 cm³/mol. The van der Waals surface area contributed by atoms with Crippen molar-refractivity contribution in [1.29, 1.82) is 0 Å². The molecule has 134 valence electrons. The van der Waals surface area contributed by atoms with Crippen LogP contribution in [0.1, 0.15) is 17.5 Å². The van der Waals surface area contributed by atoms with Crippen molar-refractivity contribution in [3.63, 3.8) is 0 Å². The Morgan fingerprint density at radius 1 is 1.08 bits per heavy atom. The van der Waals surface area contributed by atoms with Crippen molar-refractivity contribution in [2.45, 2.75) is 18.4 Å². The van der Waals surface area contributed by atoms with E-state index in [9.17, 15) is 0 Å². The van der Waals surface area contributed by atoms with Gasteiger partial charge in [0.1, 0.15) is 11.5 Å². The summed E-state index contributed by atoms with van der Waals surface area (Å²) >= 11 is 0. The quantitative estimate of drug-likeness (QED) is 0.604. The van der Waals surface area contributed by atoms with E-state index in [0.29, 0.717) is 0 Å². The predicted octanol–water partition coefficient (Wildman–Crippen LogP) is 4.12. The molecule has 0 aliphatic heterocycles. The molecule has 26 heavy (non-hydrogen) atoms. The fourth-order valence-electron chi connectivity index (χ4n) is 3.03. The Bertz CT molecular complexity index is 812. The third-order valence-electron chi connectivity index (χ3n) is 4.44. The van der Waals surface area contributed by atoms with Gasteiger partial charge in [0.25, 0.3) is 0 Å². The molecular weight excluding hydrogens is 324 g/mol. The fourth-order valence-corrected chi connectivity index (χ4v) is 3.03. The first-order valence-corrected chi connectivity index (χ1v) is 8.65. The summed E-state index contributed by atoms with van der Waals surface area (Å²) in [6, 6.07) is 16.1. The van der Waals surface area contributed by atoms with E-state index in [1.165, 1.54) is 5.56 Å². The monoisotopic (exact) mass is 348 g/mol. The van der Waals surface area contributed by atoms with Crippen molar-refractivity contribution in [3.05, 3.63) is 84.0 Å². The van der Waals surface area contributed by atoms with Crippen molar-refractivity contribution in [2.75, 3.05) is 14.2 Å². The summed E-state index contributed by atoms with van der Waals surface area (Å²) in [5.74, 6) is 1.49. The Labute approximate surface area is 154 Å². The van der Waals surface area contributed by atoms with Crippen LogP contribution in [-0.2, 0) is 6.42 Å². The summed E-state index contributed by atoms with van der Waals surface area (Å²) in [7, 11) is 3.28. The number of allylic oxidation sites excluding steroid dienone is 2. The highest BCUT2D eigenvalue weighted by molar-refractivity contribution is 5.83. The average Bonchev–Trinajstić information content (AvgIpc) is 2.69. The molecule has 0 bridgehead atoms. The second kappa shape index (κ2) is 8.39. The Balaban J connectivity index is 1.77. The summed E-state index contributed by atoms with van der Waals surface area (Å²) in [5.41, 5.74) is 5.30. The number of nitrogens with zero attached hydrogens (tertiary/aromatic N) is 1. The molecule has 0 saturated carbocycles. The highest BCUT2D eigenvalue weighted by atomic mass is 16.5. The highest BCUT2D eigenvalue weighted by Crippen LogP contribution is 2.25. The van der Waals surface area contributed by atoms with Gasteiger partial charge in [-0.05, 0) is 24.1 Å². The molecule has 0 aromatic heterocycles. The number of rotatable bonds is 7. The summed E-state index contributed by atoms with van der Waals surface area (Å²) < 4.78 is 10.7. The van der Waals surface area contributed by atoms with Gasteiger partial charge in [-0.25, -0.2) is 0 Å². The van der Waals surface area contributed by atoms with Crippen molar-refractivity contribution in [3.8, 4) is 11.5 Å². The molecule has 1 unspecified atom stereocenters. The number of hydrazone groups is 1. The minimum absolute atomic E-state index is 0.230. The molecule has 0 saturated heterocycles. The molecule has 1 atom stereocenters. The Kier molecular flexibility index (Phi) is 5.74. The maximum absolute atomic E-state index is 5.43. The molecule has 0 fully saturated rings. The molecule has 0 amide bonds. The van der Waals surface area contributed by atoms with Gasteiger partial charge in [-0.15, -0.1) is 0 Å². The molecule has 1 aliphatic rings. The number of ether oxygens (including phenoxy) is 2. The van der Waals surface area contributed by atoms with Crippen LogP contribution < -0.4 is 14.9 Å². The average molecular weight is 348 g/mol. The third-order valence-corrected chi connectivity index (χ3v) is 4.44. The van der Waals surface area contributed by atoms with Crippen LogP contribution in [0, 0.1) is 0 Å². The molecule has 0 heterocycles. The smallest absolute Gasteiger partial charge is 0.131 e. The zero-order valence-corrected chi connectivity index (χ0v) is 15.2. The van der Waals surface area contributed by atoms with E-state index >= 15 is 0 Å². The minimum atomic E-state index is -0.230. The van der Waals surface area contributed by atoms with E-state index < -0.39 is 0 Å². The molecule has 2 aromatic carbocycles. The second-order valence-corrected chi connectivity index (χ2v) is 6.29. The molecule has 4 nitrogen and oxygen atoms in total. The molecule has 0 radical (unpaired) electrons. The van der Waals surface area contributed by atoms with Crippen LogP contribution in [0.4, 0.5) is 0 Å². The first kappa shape index (κ1) is 17.8. The van der Waals surface area contributed by atoms with Gasteiger partial charge in [-0.2, -0.15) is 5.10 Å². The van der Waals surface area contributed by atoms with Gasteiger partial charge in [-0.1, -0.05) is 54.6 Å². The van der Waals surface area contributed by atoms with Crippen LogP contribution in [0.2, 0.25) is 0 Å². The number of hydrogen-bond donors (Lipinski definition) is 1. The van der Waals surface area contributed by atoms with Gasteiger partial charge < -0.3 is 9.47 Å². The van der Waals surface area contributed by atoms with E-state index in [4.69, 9.17) is 9.47 Å². The zero-order valence-electron chi connectivity index (χ0n) is 15.2. The Morgan fingerprint density at radius 3 is 2.62 bits per heavy atom. The molecule has 4 heteroatoms. The minimum Gasteiger partial charge on any atom is -0.497 e. The van der Waals surface area contributed by atoms with E-state index in [1.807, 2.05) is 24.3 Å². The third kappa shape index (κ3) is 4.33. The van der Waals surface area contributed by atoms with E-state index in [2.05, 4.69) is 59.1 Å². The van der Waals surface area contributed by atoms with Gasteiger partial charge >= 0.3 is 0 Å². The molecule has 1 aliphatic carbocycles. The van der Waals surface area contributed by atoms with Gasteiger partial charge in [0, 0.05) is 18.1 Å². The fraction of sp³-hybridized carbons (Fsp3) is 0.227. The zero-order chi connectivity index (χ0) is 18.2.